The van der Waals surface area contributed by atoms with Crippen molar-refractivity contribution >= 4 is 52.4 Å². The summed E-state index contributed by atoms with van der Waals surface area (Å²) in [6, 6.07) is 0. The van der Waals surface area contributed by atoms with Gasteiger partial charge in [0.25, 0.3) is 0 Å². The van der Waals surface area contributed by atoms with Gasteiger partial charge in [-0.2, -0.15) is 0 Å². The van der Waals surface area contributed by atoms with E-state index in [1.54, 1.807) is 20.8 Å². The van der Waals surface area contributed by atoms with Crippen LogP contribution < -0.4 is 0 Å². The Kier molecular flexibility index (Phi) is 28.6. The molecule has 298 valence electrons. The number of hydrogen-bond acceptors (Lipinski definition) is 11. The van der Waals surface area contributed by atoms with Crippen LogP contribution in [0.15, 0.2) is 0 Å². The molecule has 0 aromatic carbocycles. The molecule has 51 heavy (non-hydrogen) atoms. The number of rotatable bonds is 22. The Morgan fingerprint density at radius 3 is 1.02 bits per heavy atom. The van der Waals surface area contributed by atoms with E-state index in [-0.39, 0.29) is 66.3 Å². The first-order chi connectivity index (χ1) is 21.6. The zero-order valence-corrected chi connectivity index (χ0v) is 30.5. The fourth-order valence-corrected chi connectivity index (χ4v) is 7.00. The minimum atomic E-state index is -1.42. The summed E-state index contributed by atoms with van der Waals surface area (Å²) in [6.07, 6.45) is -0.223. The van der Waals surface area contributed by atoms with E-state index in [1.807, 2.05) is 0 Å². The number of carbonyl (C=O) groups is 9. The van der Waals surface area contributed by atoms with Crippen LogP contribution in [0.1, 0.15) is 125 Å². The van der Waals surface area contributed by atoms with Crippen molar-refractivity contribution in [3.05, 3.63) is 0 Å². The van der Waals surface area contributed by atoms with Gasteiger partial charge >= 0.3 is 11.9 Å². The quantitative estimate of drug-likeness (QED) is 0.105. The number of ketones is 7. The van der Waals surface area contributed by atoms with Gasteiger partial charge in [0.05, 0.1) is 26.1 Å². The normalized spacial score (nSPS) is 17.0. The van der Waals surface area contributed by atoms with Gasteiger partial charge < -0.3 is 9.47 Å². The highest BCUT2D eigenvalue weighted by molar-refractivity contribution is 5.93. The lowest BCUT2D eigenvalue weighted by Gasteiger charge is -2.40. The van der Waals surface area contributed by atoms with Gasteiger partial charge in [0.2, 0.25) is 0 Å². The summed E-state index contributed by atoms with van der Waals surface area (Å²) in [6.45, 7) is 15.6. The lowest BCUT2D eigenvalue weighted by molar-refractivity contribution is -0.157. The average Bonchev–Trinajstić information content (AvgIpc) is 2.97. The zero-order valence-electron chi connectivity index (χ0n) is 30.5. The molecule has 11 nitrogen and oxygen atoms in total. The summed E-state index contributed by atoms with van der Waals surface area (Å²) in [4.78, 5) is 118. The van der Waals surface area contributed by atoms with E-state index < -0.39 is 100 Å². The number of Topliss-reactive ketones (excluding diaryl/α,β-unsaturated/α-hetero) is 7. The molecular weight excluding hydrogens is 656 g/mol. The zero-order chi connectivity index (χ0) is 37.1. The molecule has 0 N–H and O–H groups in total. The van der Waals surface area contributed by atoms with E-state index >= 15 is 0 Å². The lowest BCUT2D eigenvalue weighted by Crippen LogP contribution is -2.47. The van der Waals surface area contributed by atoms with Gasteiger partial charge in [0, 0.05) is 41.4 Å². The van der Waals surface area contributed by atoms with Crippen LogP contribution in [0.25, 0.3) is 0 Å². The van der Waals surface area contributed by atoms with Crippen LogP contribution in [0, 0.1) is 65.1 Å². The van der Waals surface area contributed by atoms with E-state index in [9.17, 15) is 43.2 Å². The Balaban J connectivity index is -0.00000176. The van der Waals surface area contributed by atoms with E-state index in [0.29, 0.717) is 0 Å². The molecule has 0 amide bonds. The molecule has 0 rings (SSSR count). The highest BCUT2D eigenvalue weighted by Crippen LogP contribution is 2.43. The van der Waals surface area contributed by atoms with Crippen LogP contribution >= 0.6 is 0 Å². The summed E-state index contributed by atoms with van der Waals surface area (Å²) in [5.74, 6) is -15.1. The Morgan fingerprint density at radius 2 is 0.745 bits per heavy atom. The second-order valence-electron chi connectivity index (χ2n) is 13.5. The fourth-order valence-electron chi connectivity index (χ4n) is 7.00. The molecule has 0 heterocycles. The topological polar surface area (TPSA) is 172 Å². The minimum Gasteiger partial charge on any atom is -0.469 e. The van der Waals surface area contributed by atoms with Gasteiger partial charge in [0.1, 0.15) is 40.5 Å². The Hall–Kier alpha value is -3.37. The van der Waals surface area contributed by atoms with Crippen LogP contribution in [0.5, 0.6) is 0 Å². The Morgan fingerprint density at radius 1 is 0.392 bits per heavy atom. The first-order valence-corrected chi connectivity index (χ1v) is 16.3. The van der Waals surface area contributed by atoms with Crippen molar-refractivity contribution in [3.63, 3.8) is 0 Å². The van der Waals surface area contributed by atoms with Gasteiger partial charge in [-0.05, 0) is 79.6 Å². The fraction of sp³-hybridized carbons (Fsp3) is 0.775. The van der Waals surface area contributed by atoms with Crippen LogP contribution in [-0.4, -0.2) is 66.6 Å². The second-order valence-corrected chi connectivity index (χ2v) is 13.5. The molecule has 11 atom stereocenters. The number of carbonyl (C=O) groups excluding carboxylic acids is 9. The van der Waals surface area contributed by atoms with E-state index in [4.69, 9.17) is 9.47 Å². The molecule has 0 aliphatic heterocycles. The molecule has 0 fully saturated rings. The number of methoxy groups -OCH3 is 2. The van der Waals surface area contributed by atoms with E-state index in [0.717, 1.165) is 7.11 Å². The predicted molar refractivity (Wildman–Crippen MR) is 201 cm³/mol. The maximum atomic E-state index is 13.6. The largest absolute Gasteiger partial charge is 0.469 e. The standard InChI is InChI=1S/C36H56O11.4CH4/c1-17(21(5)37)14-28(19(3)23(7)39)32(25(9)41)30(24(8)40)16-31(36(45)47-13)34(27(11)43)33(26(10)42)29(15-18(2)22(6)38)20(4)35(44)46-12;;;;/h17-20,28-34H,14-16H2,1-13H3;4*1H4. The Bertz CT molecular complexity index is 1200. The van der Waals surface area contributed by atoms with Gasteiger partial charge in [-0.15, -0.1) is 0 Å². The average molecular weight is 729 g/mol. The third kappa shape index (κ3) is 15.8. The third-order valence-corrected chi connectivity index (χ3v) is 10.3. The molecule has 0 bridgehead atoms. The SMILES string of the molecule is C.C.C.C.COC(=O)C(C)C(CC(C)C(C)=O)C(C(C)=O)C(C(C)=O)C(CC(C(C)=O)C(C(C)=O)C(CC(C)C(C)=O)C(C)C(C)=O)C(=O)OC. The second kappa shape index (κ2) is 25.6. The van der Waals surface area contributed by atoms with Crippen LogP contribution in [0.3, 0.4) is 0 Å². The smallest absolute Gasteiger partial charge is 0.309 e. The molecule has 0 aromatic rings. The summed E-state index contributed by atoms with van der Waals surface area (Å²) in [7, 11) is 2.28. The molecule has 0 saturated carbocycles. The van der Waals surface area contributed by atoms with Gasteiger partial charge in [-0.3, -0.25) is 43.2 Å². The minimum absolute atomic E-state index is 0. The molecule has 0 aromatic heterocycles. The molecular formula is C40H72O11. The van der Waals surface area contributed by atoms with Crippen molar-refractivity contribution < 1.29 is 52.6 Å². The monoisotopic (exact) mass is 729 g/mol. The Labute approximate surface area is 309 Å². The molecule has 0 saturated heterocycles. The maximum absolute atomic E-state index is 13.6. The number of esters is 2. The highest BCUT2D eigenvalue weighted by Gasteiger charge is 2.50. The summed E-state index contributed by atoms with van der Waals surface area (Å²) >= 11 is 0. The predicted octanol–water partition coefficient (Wildman–Crippen LogP) is 7.03. The number of ether oxygens (including phenoxy) is 2. The summed E-state index contributed by atoms with van der Waals surface area (Å²) < 4.78 is 10.1. The van der Waals surface area contributed by atoms with Crippen LogP contribution in [0.4, 0.5) is 0 Å². The van der Waals surface area contributed by atoms with Gasteiger partial charge in [0.15, 0.2) is 0 Å². The van der Waals surface area contributed by atoms with Gasteiger partial charge in [-0.25, -0.2) is 0 Å². The molecule has 0 aliphatic rings. The van der Waals surface area contributed by atoms with Crippen molar-refractivity contribution in [2.24, 2.45) is 65.1 Å². The van der Waals surface area contributed by atoms with Gasteiger partial charge in [-0.1, -0.05) is 57.4 Å². The van der Waals surface area contributed by atoms with Crippen molar-refractivity contribution in [2.45, 2.75) is 125 Å². The molecule has 0 radical (unpaired) electrons. The lowest BCUT2D eigenvalue weighted by atomic mass is 9.61. The first-order valence-electron chi connectivity index (χ1n) is 16.3. The maximum Gasteiger partial charge on any atom is 0.309 e. The molecule has 0 aliphatic carbocycles. The first kappa shape index (κ1) is 57.0. The van der Waals surface area contributed by atoms with Crippen molar-refractivity contribution in [1.82, 2.24) is 0 Å². The van der Waals surface area contributed by atoms with Crippen LogP contribution in [-0.2, 0) is 52.6 Å². The summed E-state index contributed by atoms with van der Waals surface area (Å²) in [5.41, 5.74) is 0. The van der Waals surface area contributed by atoms with E-state index in [2.05, 4.69) is 0 Å². The third-order valence-electron chi connectivity index (χ3n) is 10.3. The highest BCUT2D eigenvalue weighted by atomic mass is 16.5. The van der Waals surface area contributed by atoms with Crippen molar-refractivity contribution in [1.29, 1.82) is 0 Å². The molecule has 11 heteroatoms. The van der Waals surface area contributed by atoms with E-state index in [1.165, 1.54) is 62.5 Å². The van der Waals surface area contributed by atoms with Crippen LogP contribution in [0.2, 0.25) is 0 Å². The number of hydrogen-bond donors (Lipinski definition) is 0. The molecule has 0 spiro atoms. The van der Waals surface area contributed by atoms with Crippen molar-refractivity contribution in [3.8, 4) is 0 Å². The molecule has 11 unspecified atom stereocenters. The summed E-state index contributed by atoms with van der Waals surface area (Å²) in [5, 5.41) is 0. The van der Waals surface area contributed by atoms with Crippen molar-refractivity contribution in [2.75, 3.05) is 14.2 Å².